The summed E-state index contributed by atoms with van der Waals surface area (Å²) in [7, 11) is -3.14. The summed E-state index contributed by atoms with van der Waals surface area (Å²) in [5, 5.41) is 0.675. The Morgan fingerprint density at radius 1 is 1.11 bits per heavy atom. The summed E-state index contributed by atoms with van der Waals surface area (Å²) in [4.78, 5) is 24.0. The third-order valence-corrected chi connectivity index (χ3v) is 5.12. The van der Waals surface area contributed by atoms with Crippen molar-refractivity contribution in [2.24, 2.45) is 0 Å². The molecular formula is C19H15BrO6S. The van der Waals surface area contributed by atoms with Crippen molar-refractivity contribution in [3.8, 4) is 0 Å². The first-order valence-electron chi connectivity index (χ1n) is 7.87. The van der Waals surface area contributed by atoms with Gasteiger partial charge in [-0.15, -0.1) is 0 Å². The zero-order chi connectivity index (χ0) is 19.6. The molecule has 0 N–H and O–H groups in total. The predicted octanol–water partition coefficient (Wildman–Crippen LogP) is 3.46. The van der Waals surface area contributed by atoms with Crippen LogP contribution in [0.4, 0.5) is 0 Å². The quantitative estimate of drug-likeness (QED) is 0.436. The molecule has 0 unspecified atom stereocenters. The number of esters is 1. The van der Waals surface area contributed by atoms with Crippen LogP contribution in [-0.2, 0) is 26.9 Å². The molecule has 0 spiro atoms. The van der Waals surface area contributed by atoms with Crippen molar-refractivity contribution >= 4 is 42.7 Å². The van der Waals surface area contributed by atoms with Crippen LogP contribution in [0, 0.1) is 0 Å². The second-order valence-corrected chi connectivity index (χ2v) is 9.13. The maximum Gasteiger partial charge on any atom is 0.338 e. The molecule has 0 atom stereocenters. The number of halogens is 1. The fraction of sp³-hybridized carbons (Fsp3) is 0.158. The maximum absolute atomic E-state index is 12.2. The van der Waals surface area contributed by atoms with Gasteiger partial charge in [0.2, 0.25) is 0 Å². The van der Waals surface area contributed by atoms with Crippen LogP contribution in [0.2, 0.25) is 0 Å². The Kier molecular flexibility index (Phi) is 5.48. The molecule has 8 heteroatoms. The number of fused-ring (bicyclic) bond motifs is 1. The first-order chi connectivity index (χ1) is 12.7. The highest BCUT2D eigenvalue weighted by Gasteiger charge is 2.12. The van der Waals surface area contributed by atoms with E-state index in [-0.39, 0.29) is 12.4 Å². The van der Waals surface area contributed by atoms with Gasteiger partial charge in [0.15, 0.2) is 9.84 Å². The van der Waals surface area contributed by atoms with Gasteiger partial charge in [-0.1, -0.05) is 28.1 Å². The number of carbonyl (C=O) groups excluding carboxylic acids is 1. The summed E-state index contributed by atoms with van der Waals surface area (Å²) >= 11 is 3.31. The highest BCUT2D eigenvalue weighted by Crippen LogP contribution is 2.22. The molecule has 0 amide bonds. The van der Waals surface area contributed by atoms with Gasteiger partial charge in [-0.2, -0.15) is 0 Å². The molecule has 0 saturated heterocycles. The zero-order valence-corrected chi connectivity index (χ0v) is 16.7. The molecule has 0 aliphatic rings. The first kappa shape index (κ1) is 19.3. The van der Waals surface area contributed by atoms with E-state index in [2.05, 4.69) is 15.9 Å². The molecule has 0 fully saturated rings. The standard InChI is InChI=1S/C19H15BrO6S/c1-27(23,24)11-12-2-4-13(5-3-12)19(22)25-10-14-8-18(21)26-17-9-15(20)6-7-16(14)17/h2-9H,10-11H2,1H3. The van der Waals surface area contributed by atoms with Crippen molar-refractivity contribution in [1.29, 1.82) is 0 Å². The van der Waals surface area contributed by atoms with Crippen molar-refractivity contribution in [3.63, 3.8) is 0 Å². The van der Waals surface area contributed by atoms with E-state index < -0.39 is 21.4 Å². The molecule has 1 aromatic heterocycles. The number of ether oxygens (including phenoxy) is 1. The third-order valence-electron chi connectivity index (χ3n) is 3.77. The molecule has 0 bridgehead atoms. The average molecular weight is 451 g/mol. The van der Waals surface area contributed by atoms with Crippen molar-refractivity contribution in [1.82, 2.24) is 0 Å². The number of carbonyl (C=O) groups is 1. The summed E-state index contributed by atoms with van der Waals surface area (Å²) in [5.41, 5.74) is 1.29. The minimum Gasteiger partial charge on any atom is -0.457 e. The van der Waals surface area contributed by atoms with Crippen LogP contribution in [0.1, 0.15) is 21.5 Å². The van der Waals surface area contributed by atoms with E-state index in [0.717, 1.165) is 10.7 Å². The molecule has 3 rings (SSSR count). The van der Waals surface area contributed by atoms with E-state index in [1.807, 2.05) is 0 Å². The van der Waals surface area contributed by atoms with Crippen molar-refractivity contribution < 1.29 is 22.4 Å². The average Bonchev–Trinajstić information content (AvgIpc) is 2.58. The highest BCUT2D eigenvalue weighted by atomic mass is 79.9. The number of benzene rings is 2. The summed E-state index contributed by atoms with van der Waals surface area (Å²) < 4.78 is 33.8. The van der Waals surface area contributed by atoms with E-state index in [1.165, 1.54) is 18.2 Å². The second kappa shape index (κ2) is 7.66. The van der Waals surface area contributed by atoms with E-state index in [9.17, 15) is 18.0 Å². The fourth-order valence-corrected chi connectivity index (χ4v) is 3.73. The Balaban J connectivity index is 1.76. The Bertz CT molecular complexity index is 1160. The van der Waals surface area contributed by atoms with E-state index in [4.69, 9.17) is 9.15 Å². The minimum absolute atomic E-state index is 0.0896. The van der Waals surface area contributed by atoms with Crippen molar-refractivity contribution in [2.45, 2.75) is 12.4 Å². The van der Waals surface area contributed by atoms with Gasteiger partial charge < -0.3 is 9.15 Å². The second-order valence-electron chi connectivity index (χ2n) is 6.07. The molecule has 0 radical (unpaired) electrons. The zero-order valence-electron chi connectivity index (χ0n) is 14.3. The number of sulfone groups is 1. The molecule has 6 nitrogen and oxygen atoms in total. The molecule has 3 aromatic rings. The lowest BCUT2D eigenvalue weighted by Gasteiger charge is -2.08. The van der Waals surface area contributed by atoms with E-state index in [1.54, 1.807) is 30.3 Å². The largest absolute Gasteiger partial charge is 0.457 e. The van der Waals surface area contributed by atoms with Gasteiger partial charge in [-0.05, 0) is 35.9 Å². The monoisotopic (exact) mass is 450 g/mol. The molecule has 0 aliphatic heterocycles. The Morgan fingerprint density at radius 2 is 1.81 bits per heavy atom. The van der Waals surface area contributed by atoms with Gasteiger partial charge in [0, 0.05) is 27.7 Å². The Morgan fingerprint density at radius 3 is 2.48 bits per heavy atom. The van der Waals surface area contributed by atoms with E-state index >= 15 is 0 Å². The van der Waals surface area contributed by atoms with Crippen LogP contribution >= 0.6 is 15.9 Å². The summed E-state index contributed by atoms with van der Waals surface area (Å²) in [6, 6.07) is 12.7. The molecule has 0 aliphatic carbocycles. The maximum atomic E-state index is 12.2. The van der Waals surface area contributed by atoms with Gasteiger partial charge >= 0.3 is 11.6 Å². The van der Waals surface area contributed by atoms with Gasteiger partial charge in [-0.3, -0.25) is 0 Å². The SMILES string of the molecule is CS(=O)(=O)Cc1ccc(C(=O)OCc2cc(=O)oc3cc(Br)ccc23)cc1. The first-order valence-corrected chi connectivity index (χ1v) is 10.7. The Hall–Kier alpha value is -2.45. The summed E-state index contributed by atoms with van der Waals surface area (Å²) in [5.74, 6) is -0.664. The third kappa shape index (κ3) is 5.05. The lowest BCUT2D eigenvalue weighted by atomic mass is 10.1. The number of rotatable bonds is 5. The highest BCUT2D eigenvalue weighted by molar-refractivity contribution is 9.10. The number of hydrogen-bond donors (Lipinski definition) is 0. The predicted molar refractivity (Wildman–Crippen MR) is 104 cm³/mol. The van der Waals surface area contributed by atoms with Crippen LogP contribution in [0.3, 0.4) is 0 Å². The summed E-state index contributed by atoms with van der Waals surface area (Å²) in [6.45, 7) is -0.0896. The smallest absolute Gasteiger partial charge is 0.338 e. The molecular weight excluding hydrogens is 436 g/mol. The Labute approximate surface area is 163 Å². The minimum atomic E-state index is -3.14. The molecule has 1 heterocycles. The lowest BCUT2D eigenvalue weighted by molar-refractivity contribution is 0.0474. The number of hydrogen-bond acceptors (Lipinski definition) is 6. The fourth-order valence-electron chi connectivity index (χ4n) is 2.59. The van der Waals surface area contributed by atoms with Gasteiger partial charge in [-0.25, -0.2) is 18.0 Å². The lowest BCUT2D eigenvalue weighted by Crippen LogP contribution is -2.08. The summed E-state index contributed by atoms with van der Waals surface area (Å²) in [6.07, 6.45) is 1.15. The van der Waals surface area contributed by atoms with Crippen LogP contribution in [0.5, 0.6) is 0 Å². The molecule has 0 saturated carbocycles. The van der Waals surface area contributed by atoms with Gasteiger partial charge in [0.25, 0.3) is 0 Å². The van der Waals surface area contributed by atoms with Gasteiger partial charge in [0.1, 0.15) is 12.2 Å². The van der Waals surface area contributed by atoms with Crippen molar-refractivity contribution in [3.05, 3.63) is 80.1 Å². The van der Waals surface area contributed by atoms with Crippen LogP contribution in [-0.4, -0.2) is 20.6 Å². The van der Waals surface area contributed by atoms with Gasteiger partial charge in [0.05, 0.1) is 11.3 Å². The van der Waals surface area contributed by atoms with Crippen LogP contribution in [0.25, 0.3) is 11.0 Å². The van der Waals surface area contributed by atoms with Crippen LogP contribution in [0.15, 0.2) is 62.2 Å². The van der Waals surface area contributed by atoms with Crippen LogP contribution < -0.4 is 5.63 Å². The van der Waals surface area contributed by atoms with Crippen molar-refractivity contribution in [2.75, 3.05) is 6.26 Å². The van der Waals surface area contributed by atoms with E-state index in [0.29, 0.717) is 27.7 Å². The normalized spacial score (nSPS) is 11.5. The molecule has 27 heavy (non-hydrogen) atoms. The topological polar surface area (TPSA) is 90.6 Å². The molecule has 140 valence electrons. The molecule has 2 aromatic carbocycles.